The summed E-state index contributed by atoms with van der Waals surface area (Å²) in [6, 6.07) is 3.97. The van der Waals surface area contributed by atoms with E-state index in [2.05, 4.69) is 26.2 Å². The Kier molecular flexibility index (Phi) is 4.47. The lowest BCUT2D eigenvalue weighted by atomic mass is 10.2. The SMILES string of the molecule is O=C(O)c1cc(Br)cnc1Nc1cc(Cl)c(F)c(Cl)c1. The van der Waals surface area contributed by atoms with Crippen molar-refractivity contribution in [2.24, 2.45) is 0 Å². The Morgan fingerprint density at radius 1 is 1.30 bits per heavy atom. The van der Waals surface area contributed by atoms with E-state index in [4.69, 9.17) is 28.3 Å². The number of hydrogen-bond acceptors (Lipinski definition) is 3. The summed E-state index contributed by atoms with van der Waals surface area (Å²) in [6.45, 7) is 0. The third-order valence-electron chi connectivity index (χ3n) is 2.33. The number of pyridine rings is 1. The molecule has 0 saturated carbocycles. The van der Waals surface area contributed by atoms with Crippen molar-refractivity contribution in [3.63, 3.8) is 0 Å². The van der Waals surface area contributed by atoms with Crippen molar-refractivity contribution in [2.45, 2.75) is 0 Å². The Hall–Kier alpha value is -1.37. The van der Waals surface area contributed by atoms with E-state index in [9.17, 15) is 9.18 Å². The summed E-state index contributed by atoms with van der Waals surface area (Å²) in [7, 11) is 0. The number of aromatic carboxylic acids is 1. The van der Waals surface area contributed by atoms with E-state index in [1.807, 2.05) is 0 Å². The third-order valence-corrected chi connectivity index (χ3v) is 3.32. The lowest BCUT2D eigenvalue weighted by molar-refractivity contribution is 0.0697. The van der Waals surface area contributed by atoms with Gasteiger partial charge in [0.05, 0.1) is 10.0 Å². The number of carboxylic acid groups (broad SMARTS) is 1. The average Bonchev–Trinajstić information content (AvgIpc) is 2.37. The number of carboxylic acids is 1. The summed E-state index contributed by atoms with van der Waals surface area (Å²) in [5, 5.41) is 11.5. The van der Waals surface area contributed by atoms with E-state index in [1.54, 1.807) is 0 Å². The number of carbonyl (C=O) groups is 1. The fourth-order valence-electron chi connectivity index (χ4n) is 1.47. The van der Waals surface area contributed by atoms with E-state index in [0.717, 1.165) is 0 Å². The summed E-state index contributed by atoms with van der Waals surface area (Å²) in [5.74, 6) is -1.79. The maximum absolute atomic E-state index is 13.3. The Morgan fingerprint density at radius 2 is 1.90 bits per heavy atom. The molecule has 0 spiro atoms. The molecule has 104 valence electrons. The van der Waals surface area contributed by atoms with Gasteiger partial charge in [-0.25, -0.2) is 14.2 Å². The quantitative estimate of drug-likeness (QED) is 0.756. The second kappa shape index (κ2) is 5.95. The molecule has 2 aromatic rings. The zero-order valence-corrected chi connectivity index (χ0v) is 12.7. The Bertz CT molecular complexity index is 674. The van der Waals surface area contributed by atoms with Crippen LogP contribution >= 0.6 is 39.1 Å². The van der Waals surface area contributed by atoms with Crippen molar-refractivity contribution in [1.82, 2.24) is 4.98 Å². The summed E-state index contributed by atoms with van der Waals surface area (Å²) >= 11 is 14.5. The number of anilines is 2. The summed E-state index contributed by atoms with van der Waals surface area (Å²) < 4.78 is 13.8. The molecule has 20 heavy (non-hydrogen) atoms. The highest BCUT2D eigenvalue weighted by Crippen LogP contribution is 2.30. The fourth-order valence-corrected chi connectivity index (χ4v) is 2.28. The maximum Gasteiger partial charge on any atom is 0.339 e. The molecule has 2 N–H and O–H groups in total. The first kappa shape index (κ1) is 15.0. The van der Waals surface area contributed by atoms with Crippen molar-refractivity contribution >= 4 is 56.6 Å². The second-order valence-electron chi connectivity index (χ2n) is 3.73. The Morgan fingerprint density at radius 3 is 2.45 bits per heavy atom. The number of nitrogens with one attached hydrogen (secondary N) is 1. The lowest BCUT2D eigenvalue weighted by Crippen LogP contribution is -2.05. The molecule has 0 amide bonds. The standard InChI is InChI=1S/C12H6BrCl2FN2O2/c13-5-1-7(12(19)20)11(17-4-5)18-6-2-8(14)10(16)9(15)3-6/h1-4H,(H,17,18)(H,19,20). The van der Waals surface area contributed by atoms with Gasteiger partial charge in [-0.3, -0.25) is 0 Å². The van der Waals surface area contributed by atoms with Gasteiger partial charge >= 0.3 is 5.97 Å². The fraction of sp³-hybridized carbons (Fsp3) is 0. The van der Waals surface area contributed by atoms with E-state index in [-0.39, 0.29) is 21.4 Å². The van der Waals surface area contributed by atoms with Crippen LogP contribution in [0.15, 0.2) is 28.9 Å². The largest absolute Gasteiger partial charge is 0.478 e. The lowest BCUT2D eigenvalue weighted by Gasteiger charge is -2.10. The molecule has 0 saturated heterocycles. The second-order valence-corrected chi connectivity index (χ2v) is 5.46. The smallest absolute Gasteiger partial charge is 0.339 e. The molecule has 0 fully saturated rings. The molecular formula is C12H6BrCl2FN2O2. The number of nitrogens with zero attached hydrogens (tertiary/aromatic N) is 1. The molecule has 1 aromatic heterocycles. The molecular weight excluding hydrogens is 374 g/mol. The Balaban J connectivity index is 2.42. The molecule has 0 unspecified atom stereocenters. The van der Waals surface area contributed by atoms with Crippen LogP contribution in [0.1, 0.15) is 10.4 Å². The zero-order valence-electron chi connectivity index (χ0n) is 9.62. The molecule has 0 bridgehead atoms. The van der Waals surface area contributed by atoms with Gasteiger partial charge in [0.25, 0.3) is 0 Å². The van der Waals surface area contributed by atoms with Crippen LogP contribution in [0.25, 0.3) is 0 Å². The summed E-state index contributed by atoms with van der Waals surface area (Å²) in [6.07, 6.45) is 1.43. The normalized spacial score (nSPS) is 10.4. The minimum atomic E-state index is -1.15. The van der Waals surface area contributed by atoms with Crippen LogP contribution in [0.2, 0.25) is 10.0 Å². The first-order valence-corrected chi connectivity index (χ1v) is 6.74. The van der Waals surface area contributed by atoms with Crippen molar-refractivity contribution in [2.75, 3.05) is 5.32 Å². The minimum absolute atomic E-state index is 0.0454. The molecule has 8 heteroatoms. The molecule has 1 heterocycles. The van der Waals surface area contributed by atoms with Crippen molar-refractivity contribution in [1.29, 1.82) is 0 Å². The molecule has 0 radical (unpaired) electrons. The molecule has 1 aromatic carbocycles. The van der Waals surface area contributed by atoms with Crippen LogP contribution in [0.3, 0.4) is 0 Å². The van der Waals surface area contributed by atoms with Crippen LogP contribution < -0.4 is 5.32 Å². The van der Waals surface area contributed by atoms with Crippen molar-refractivity contribution in [3.8, 4) is 0 Å². The highest BCUT2D eigenvalue weighted by Gasteiger charge is 2.14. The van der Waals surface area contributed by atoms with Gasteiger partial charge in [-0.15, -0.1) is 0 Å². The molecule has 2 rings (SSSR count). The van der Waals surface area contributed by atoms with E-state index < -0.39 is 11.8 Å². The van der Waals surface area contributed by atoms with Crippen molar-refractivity contribution < 1.29 is 14.3 Å². The maximum atomic E-state index is 13.3. The first-order valence-electron chi connectivity index (χ1n) is 5.19. The van der Waals surface area contributed by atoms with E-state index in [1.165, 1.54) is 24.4 Å². The van der Waals surface area contributed by atoms with Gasteiger partial charge in [0, 0.05) is 16.4 Å². The molecule has 0 atom stereocenters. The van der Waals surface area contributed by atoms with Gasteiger partial charge in [-0.05, 0) is 34.1 Å². The van der Waals surface area contributed by atoms with Gasteiger partial charge in [0.1, 0.15) is 11.4 Å². The zero-order chi connectivity index (χ0) is 14.9. The molecule has 0 aliphatic rings. The highest BCUT2D eigenvalue weighted by molar-refractivity contribution is 9.10. The first-order chi connectivity index (χ1) is 9.38. The number of rotatable bonds is 3. The molecule has 0 aliphatic heterocycles. The highest BCUT2D eigenvalue weighted by atomic mass is 79.9. The summed E-state index contributed by atoms with van der Waals surface area (Å²) in [5.41, 5.74) is 0.287. The van der Waals surface area contributed by atoms with Gasteiger partial charge in [0.2, 0.25) is 0 Å². The van der Waals surface area contributed by atoms with E-state index in [0.29, 0.717) is 10.2 Å². The topological polar surface area (TPSA) is 62.2 Å². The van der Waals surface area contributed by atoms with Crippen LogP contribution in [-0.2, 0) is 0 Å². The predicted molar refractivity (Wildman–Crippen MR) is 78.6 cm³/mol. The van der Waals surface area contributed by atoms with Gasteiger partial charge in [-0.1, -0.05) is 23.2 Å². The number of benzene rings is 1. The van der Waals surface area contributed by atoms with Crippen molar-refractivity contribution in [3.05, 3.63) is 50.3 Å². The summed E-state index contributed by atoms with van der Waals surface area (Å²) in [4.78, 5) is 15.1. The number of aromatic nitrogens is 1. The van der Waals surface area contributed by atoms with Gasteiger partial charge < -0.3 is 10.4 Å². The molecule has 4 nitrogen and oxygen atoms in total. The Labute approximate surface area is 131 Å². The average molecular weight is 380 g/mol. The van der Waals surface area contributed by atoms with Crippen LogP contribution in [0.5, 0.6) is 0 Å². The third kappa shape index (κ3) is 3.20. The number of halogens is 4. The van der Waals surface area contributed by atoms with Crippen LogP contribution in [-0.4, -0.2) is 16.1 Å². The number of hydrogen-bond donors (Lipinski definition) is 2. The van der Waals surface area contributed by atoms with Crippen LogP contribution in [0.4, 0.5) is 15.9 Å². The minimum Gasteiger partial charge on any atom is -0.478 e. The van der Waals surface area contributed by atoms with Gasteiger partial charge in [-0.2, -0.15) is 0 Å². The van der Waals surface area contributed by atoms with Gasteiger partial charge in [0.15, 0.2) is 5.82 Å². The predicted octanol–water partition coefficient (Wildman–Crippen LogP) is 4.73. The van der Waals surface area contributed by atoms with Crippen LogP contribution in [0, 0.1) is 5.82 Å². The monoisotopic (exact) mass is 378 g/mol. The molecule has 0 aliphatic carbocycles. The van der Waals surface area contributed by atoms with E-state index >= 15 is 0 Å².